The molecule has 0 saturated heterocycles. The van der Waals surface area contributed by atoms with Crippen LogP contribution in [0.1, 0.15) is 63.4 Å². The Morgan fingerprint density at radius 1 is 1.10 bits per heavy atom. The van der Waals surface area contributed by atoms with Gasteiger partial charge in [-0.3, -0.25) is 4.79 Å². The molecule has 1 aromatic rings. The van der Waals surface area contributed by atoms with Gasteiger partial charge < -0.3 is 9.83 Å². The van der Waals surface area contributed by atoms with Gasteiger partial charge in [0.15, 0.2) is 5.78 Å². The van der Waals surface area contributed by atoms with Crippen molar-refractivity contribution >= 4 is 23.4 Å². The molecule has 5 unspecified atom stereocenters. The zero-order valence-electron chi connectivity index (χ0n) is 17.4. The molecule has 0 radical (unpaired) electrons. The molecule has 2 saturated carbocycles. The van der Waals surface area contributed by atoms with Gasteiger partial charge in [-0.15, -0.1) is 0 Å². The average molecular weight is 410 g/mol. The lowest BCUT2D eigenvalue weighted by Gasteiger charge is -2.52. The van der Waals surface area contributed by atoms with Gasteiger partial charge in [-0.25, -0.2) is 0 Å². The van der Waals surface area contributed by atoms with Gasteiger partial charge in [-0.05, 0) is 90.7 Å². The van der Waals surface area contributed by atoms with E-state index in [1.807, 2.05) is 12.3 Å². The maximum atomic E-state index is 12.1. The van der Waals surface area contributed by atoms with E-state index in [4.69, 9.17) is 0 Å². The highest BCUT2D eigenvalue weighted by atomic mass is 32.2. The Bertz CT molecular complexity index is 887. The average Bonchev–Trinajstić information content (AvgIpc) is 3.02. The van der Waals surface area contributed by atoms with Gasteiger partial charge >= 0.3 is 0 Å². The SMILES string of the molecule is CSNc1ccc(C2CC3(C)C(O)CCC3C3CCC4=CC(=O)CCC4=C23)cc1. The van der Waals surface area contributed by atoms with Crippen molar-refractivity contribution in [1.82, 2.24) is 0 Å². The minimum atomic E-state index is -0.191. The van der Waals surface area contributed by atoms with Crippen LogP contribution in [0.2, 0.25) is 0 Å². The molecule has 2 N–H and O–H groups in total. The van der Waals surface area contributed by atoms with Gasteiger partial charge in [-0.2, -0.15) is 0 Å². The van der Waals surface area contributed by atoms with Gasteiger partial charge in [0.1, 0.15) is 0 Å². The summed E-state index contributed by atoms with van der Waals surface area (Å²) < 4.78 is 3.31. The molecule has 0 spiro atoms. The van der Waals surface area contributed by atoms with Gasteiger partial charge in [0.25, 0.3) is 0 Å². The van der Waals surface area contributed by atoms with Crippen LogP contribution in [0.3, 0.4) is 0 Å². The Hall–Kier alpha value is -1.52. The summed E-state index contributed by atoms with van der Waals surface area (Å²) in [4.78, 5) is 12.1. The second kappa shape index (κ2) is 7.31. The topological polar surface area (TPSA) is 49.3 Å². The first-order valence-corrected chi connectivity index (χ1v) is 12.3. The number of fused-ring (bicyclic) bond motifs is 4. The summed E-state index contributed by atoms with van der Waals surface area (Å²) in [5.41, 5.74) is 6.89. The van der Waals surface area contributed by atoms with Crippen LogP contribution >= 0.6 is 11.9 Å². The number of aliphatic hydroxyl groups excluding tert-OH is 1. The molecule has 0 aromatic heterocycles. The highest BCUT2D eigenvalue weighted by molar-refractivity contribution is 7.99. The third-order valence-corrected chi connectivity index (χ3v) is 8.65. The molecule has 4 heteroatoms. The summed E-state index contributed by atoms with van der Waals surface area (Å²) in [5.74, 6) is 1.78. The molecule has 0 heterocycles. The minimum absolute atomic E-state index is 0.00128. The lowest BCUT2D eigenvalue weighted by molar-refractivity contribution is -0.114. The summed E-state index contributed by atoms with van der Waals surface area (Å²) in [6, 6.07) is 8.89. The lowest BCUT2D eigenvalue weighted by Crippen LogP contribution is -2.45. The van der Waals surface area contributed by atoms with Crippen LogP contribution in [-0.2, 0) is 4.79 Å². The van der Waals surface area contributed by atoms with E-state index in [1.165, 1.54) is 16.7 Å². The molecule has 29 heavy (non-hydrogen) atoms. The Labute approximate surface area is 178 Å². The number of aliphatic hydroxyl groups is 1. The van der Waals surface area contributed by atoms with Gasteiger partial charge in [0.2, 0.25) is 0 Å². The highest BCUT2D eigenvalue weighted by Gasteiger charge is 2.56. The predicted molar refractivity (Wildman–Crippen MR) is 120 cm³/mol. The summed E-state index contributed by atoms with van der Waals surface area (Å²) in [6.45, 7) is 2.34. The monoisotopic (exact) mass is 409 g/mol. The fourth-order valence-corrected chi connectivity index (χ4v) is 7.20. The van der Waals surface area contributed by atoms with E-state index in [0.717, 1.165) is 44.2 Å². The van der Waals surface area contributed by atoms with Crippen LogP contribution in [0.15, 0.2) is 47.1 Å². The van der Waals surface area contributed by atoms with Crippen molar-refractivity contribution in [3.05, 3.63) is 52.6 Å². The molecule has 5 atom stereocenters. The molecule has 0 bridgehead atoms. The number of anilines is 1. The molecule has 4 aliphatic rings. The molecular weight excluding hydrogens is 378 g/mol. The van der Waals surface area contributed by atoms with E-state index < -0.39 is 0 Å². The largest absolute Gasteiger partial charge is 0.393 e. The first kappa shape index (κ1) is 19.4. The van der Waals surface area contributed by atoms with Crippen LogP contribution in [0.5, 0.6) is 0 Å². The molecule has 2 fully saturated rings. The number of hydrogen-bond acceptors (Lipinski definition) is 4. The number of allylic oxidation sites excluding steroid dienone is 4. The zero-order chi connectivity index (χ0) is 20.2. The number of carbonyl (C=O) groups excluding carboxylic acids is 1. The van der Waals surface area contributed by atoms with E-state index in [0.29, 0.717) is 30.0 Å². The molecule has 0 amide bonds. The van der Waals surface area contributed by atoms with Crippen molar-refractivity contribution in [2.45, 2.75) is 63.9 Å². The molecule has 1 aromatic carbocycles. The van der Waals surface area contributed by atoms with E-state index in [-0.39, 0.29) is 11.5 Å². The fraction of sp³-hybridized carbons (Fsp3) is 0.560. The predicted octanol–water partition coefficient (Wildman–Crippen LogP) is 5.64. The maximum Gasteiger partial charge on any atom is 0.156 e. The van der Waals surface area contributed by atoms with Crippen LogP contribution in [0.25, 0.3) is 0 Å². The van der Waals surface area contributed by atoms with Gasteiger partial charge in [-0.1, -0.05) is 36.6 Å². The number of rotatable bonds is 3. The standard InChI is InChI=1S/C25H31NO2S/c1-25-14-21(15-3-6-17(7-4-15)26-29-2)24-19-10-8-18(27)13-16(19)5-9-20(24)22(25)11-12-23(25)28/h3-4,6-7,13,20-23,26,28H,5,8-12,14H2,1-2H3. The summed E-state index contributed by atoms with van der Waals surface area (Å²) in [6.07, 6.45) is 10.6. The smallest absolute Gasteiger partial charge is 0.156 e. The van der Waals surface area contributed by atoms with Crippen LogP contribution in [0.4, 0.5) is 5.69 Å². The van der Waals surface area contributed by atoms with E-state index in [1.54, 1.807) is 17.5 Å². The van der Waals surface area contributed by atoms with E-state index in [9.17, 15) is 9.90 Å². The maximum absolute atomic E-state index is 12.1. The Morgan fingerprint density at radius 2 is 1.90 bits per heavy atom. The van der Waals surface area contributed by atoms with Crippen molar-refractivity contribution in [2.24, 2.45) is 17.3 Å². The molecular formula is C25H31NO2S. The number of benzene rings is 1. The quantitative estimate of drug-likeness (QED) is 0.635. The zero-order valence-corrected chi connectivity index (χ0v) is 18.2. The second-order valence-electron chi connectivity index (χ2n) is 9.61. The molecule has 0 aliphatic heterocycles. The highest BCUT2D eigenvalue weighted by Crippen LogP contribution is 2.63. The molecule has 154 valence electrons. The van der Waals surface area contributed by atoms with Crippen LogP contribution < -0.4 is 4.72 Å². The second-order valence-corrected chi connectivity index (χ2v) is 10.2. The Balaban J connectivity index is 1.62. The Morgan fingerprint density at radius 3 is 2.66 bits per heavy atom. The number of ketones is 1. The number of hydrogen-bond donors (Lipinski definition) is 2. The fourth-order valence-electron chi connectivity index (χ4n) is 6.83. The van der Waals surface area contributed by atoms with Crippen molar-refractivity contribution in [2.75, 3.05) is 11.0 Å². The summed E-state index contributed by atoms with van der Waals surface area (Å²) in [5, 5.41) is 10.9. The third-order valence-electron chi connectivity index (χ3n) is 8.21. The van der Waals surface area contributed by atoms with E-state index in [2.05, 4.69) is 35.9 Å². The van der Waals surface area contributed by atoms with E-state index >= 15 is 0 Å². The van der Waals surface area contributed by atoms with Crippen molar-refractivity contribution < 1.29 is 9.90 Å². The van der Waals surface area contributed by atoms with Gasteiger partial charge in [0, 0.05) is 24.3 Å². The number of nitrogens with one attached hydrogen (secondary N) is 1. The van der Waals surface area contributed by atoms with Crippen molar-refractivity contribution in [1.29, 1.82) is 0 Å². The minimum Gasteiger partial charge on any atom is -0.393 e. The van der Waals surface area contributed by atoms with Crippen molar-refractivity contribution in [3.63, 3.8) is 0 Å². The summed E-state index contributed by atoms with van der Waals surface area (Å²) in [7, 11) is 0. The van der Waals surface area contributed by atoms with Crippen LogP contribution in [0, 0.1) is 17.3 Å². The van der Waals surface area contributed by atoms with Crippen molar-refractivity contribution in [3.8, 4) is 0 Å². The molecule has 5 rings (SSSR count). The Kier molecular flexibility index (Phi) is 4.90. The number of carbonyl (C=O) groups is 1. The van der Waals surface area contributed by atoms with Crippen LogP contribution in [-0.4, -0.2) is 23.2 Å². The lowest BCUT2D eigenvalue weighted by atomic mass is 9.53. The molecule has 4 aliphatic carbocycles. The molecule has 3 nitrogen and oxygen atoms in total. The normalized spacial score (nSPS) is 36.2. The summed E-state index contributed by atoms with van der Waals surface area (Å²) >= 11 is 1.61. The van der Waals surface area contributed by atoms with Gasteiger partial charge in [0.05, 0.1) is 6.10 Å². The first-order valence-electron chi connectivity index (χ1n) is 11.0. The first-order chi connectivity index (χ1) is 14.0. The third kappa shape index (κ3) is 3.11.